The molecule has 3 fully saturated rings. The van der Waals surface area contributed by atoms with Gasteiger partial charge in [-0.15, -0.1) is 0 Å². The quantitative estimate of drug-likeness (QED) is 0.115. The monoisotopic (exact) mass is 986 g/mol. The van der Waals surface area contributed by atoms with Gasteiger partial charge in [0, 0.05) is 44.3 Å². The van der Waals surface area contributed by atoms with Gasteiger partial charge in [0.05, 0.1) is 29.9 Å². The molecule has 0 unspecified atom stereocenters. The molecular formula is C57H83N3O11. The molecule has 4 N–H and O–H groups in total. The first-order valence-electron chi connectivity index (χ1n) is 26.2. The summed E-state index contributed by atoms with van der Waals surface area (Å²) in [5.74, 6) is -6.40. The number of benzene rings is 1. The third-order valence-corrected chi connectivity index (χ3v) is 15.6. The number of cyclic esters (lactones) is 1. The van der Waals surface area contributed by atoms with Gasteiger partial charge in [-0.05, 0) is 145 Å². The fourth-order valence-electron chi connectivity index (χ4n) is 11.1. The van der Waals surface area contributed by atoms with Crippen LogP contribution in [0.25, 0.3) is 0 Å². The lowest BCUT2D eigenvalue weighted by Gasteiger charge is -2.43. The smallest absolute Gasteiger partial charge is 0.329 e. The third kappa shape index (κ3) is 15.5. The number of nitrogens with zero attached hydrogens (tertiary/aromatic N) is 2. The third-order valence-electron chi connectivity index (χ3n) is 15.6. The van der Waals surface area contributed by atoms with Gasteiger partial charge in [-0.2, -0.15) is 5.26 Å². The number of aliphatic hydroxyl groups is 3. The first-order valence-corrected chi connectivity index (χ1v) is 26.2. The van der Waals surface area contributed by atoms with Crippen LogP contribution in [0.5, 0.6) is 0 Å². The van der Waals surface area contributed by atoms with Crippen LogP contribution in [0.15, 0.2) is 71.9 Å². The number of hydrogen-bond acceptors (Lipinski definition) is 13. The van der Waals surface area contributed by atoms with E-state index in [1.165, 1.54) is 12.0 Å². The molecule has 15 atom stereocenters. The Morgan fingerprint density at radius 3 is 2.37 bits per heavy atom. The normalized spacial score (nSPS) is 37.7. The van der Waals surface area contributed by atoms with E-state index in [0.29, 0.717) is 87.5 Å². The number of rotatable bonds is 7. The van der Waals surface area contributed by atoms with E-state index in [2.05, 4.69) is 18.3 Å². The van der Waals surface area contributed by atoms with E-state index >= 15 is 0 Å². The summed E-state index contributed by atoms with van der Waals surface area (Å²) >= 11 is 0. The van der Waals surface area contributed by atoms with E-state index in [1.807, 2.05) is 70.2 Å². The maximum absolute atomic E-state index is 14.5. The molecule has 4 aliphatic rings. The molecule has 0 radical (unpaired) electrons. The summed E-state index contributed by atoms with van der Waals surface area (Å²) in [6.45, 7) is 13.5. The topological polar surface area (TPSA) is 205 Å². The Kier molecular flexibility index (Phi) is 21.8. The van der Waals surface area contributed by atoms with Crippen molar-refractivity contribution in [1.82, 2.24) is 4.90 Å². The Morgan fingerprint density at radius 2 is 1.65 bits per heavy atom. The summed E-state index contributed by atoms with van der Waals surface area (Å²) in [5, 5.41) is 47.4. The van der Waals surface area contributed by atoms with Crippen molar-refractivity contribution < 1.29 is 53.4 Å². The summed E-state index contributed by atoms with van der Waals surface area (Å²) in [6.07, 6.45) is 14.5. The zero-order valence-corrected chi connectivity index (χ0v) is 43.8. The lowest BCUT2D eigenvalue weighted by Crippen LogP contribution is -2.61. The van der Waals surface area contributed by atoms with Crippen molar-refractivity contribution in [1.29, 1.82) is 5.26 Å². The van der Waals surface area contributed by atoms with Crippen LogP contribution in [0.4, 0.5) is 5.69 Å². The minimum Gasteiger partial charge on any atom is -0.461 e. The minimum absolute atomic E-state index is 0.0309. The molecule has 1 amide bonds. The van der Waals surface area contributed by atoms with Crippen LogP contribution in [0, 0.1) is 46.8 Å². The second-order valence-corrected chi connectivity index (χ2v) is 21.4. The van der Waals surface area contributed by atoms with E-state index in [9.17, 15) is 39.8 Å². The van der Waals surface area contributed by atoms with Crippen LogP contribution in [0.2, 0.25) is 0 Å². The number of allylic oxidation sites excluding steroid dienone is 6. The SMILES string of the molecule is CO[C@@H]1C[C@@H](C[C@@H](C)[C@@H]2CC[C@H](C)/C=C(\C)[C@@H](O)[C@@H](OC)C(=O)[C@H](C)C[C@H](C)/C=C/C=C/C=C(\C)[C@@H](Nc3cccc(C#N)c3)C[C@@H]3CC[C@@H](C)[C@@](O)(O3)C(=O)C(=O)N3CCCC[C@H]3C(=O)O2)CC[C@H]1O. The molecule has 3 heterocycles. The largest absolute Gasteiger partial charge is 0.461 e. The Hall–Kier alpha value is -4.49. The van der Waals surface area contributed by atoms with Crippen molar-refractivity contribution in [3.63, 3.8) is 0 Å². The van der Waals surface area contributed by atoms with Crippen molar-refractivity contribution in [2.75, 3.05) is 26.1 Å². The van der Waals surface area contributed by atoms with E-state index in [4.69, 9.17) is 18.9 Å². The molecule has 0 aromatic heterocycles. The Bertz CT molecular complexity index is 2130. The number of esters is 1. The molecule has 3 aliphatic heterocycles. The number of aliphatic hydroxyl groups excluding tert-OH is 2. The molecule has 1 aliphatic carbocycles. The number of carbonyl (C=O) groups is 4. The lowest BCUT2D eigenvalue weighted by atomic mass is 9.78. The summed E-state index contributed by atoms with van der Waals surface area (Å²) in [4.78, 5) is 58.5. The van der Waals surface area contributed by atoms with Gasteiger partial charge in [0.2, 0.25) is 5.79 Å². The van der Waals surface area contributed by atoms with Crippen LogP contribution in [-0.2, 0) is 38.1 Å². The highest BCUT2D eigenvalue weighted by atomic mass is 16.6. The highest BCUT2D eigenvalue weighted by molar-refractivity contribution is 6.39. The van der Waals surface area contributed by atoms with Gasteiger partial charge >= 0.3 is 5.97 Å². The zero-order valence-electron chi connectivity index (χ0n) is 43.8. The number of fused-ring (bicyclic) bond motifs is 3. The molecule has 14 nitrogen and oxygen atoms in total. The summed E-state index contributed by atoms with van der Waals surface area (Å²) in [7, 11) is 3.04. The molecule has 5 rings (SSSR count). The maximum Gasteiger partial charge on any atom is 0.329 e. The molecule has 14 heteroatoms. The number of amides is 1. The zero-order chi connectivity index (χ0) is 52.0. The van der Waals surface area contributed by atoms with Gasteiger partial charge in [-0.3, -0.25) is 14.4 Å². The summed E-state index contributed by atoms with van der Waals surface area (Å²) in [6, 6.07) is 7.87. The molecule has 0 spiro atoms. The maximum atomic E-state index is 14.5. The van der Waals surface area contributed by atoms with E-state index < -0.39 is 71.8 Å². The van der Waals surface area contributed by atoms with Gasteiger partial charge in [0.25, 0.3) is 11.7 Å². The number of hydrogen-bond donors (Lipinski definition) is 4. The van der Waals surface area contributed by atoms with E-state index in [0.717, 1.165) is 12.0 Å². The molecule has 1 aromatic rings. The summed E-state index contributed by atoms with van der Waals surface area (Å²) in [5.41, 5.74) is 2.69. The van der Waals surface area contributed by atoms with Gasteiger partial charge < -0.3 is 44.5 Å². The van der Waals surface area contributed by atoms with Crippen LogP contribution < -0.4 is 5.32 Å². The van der Waals surface area contributed by atoms with Crippen LogP contribution in [0.3, 0.4) is 0 Å². The lowest BCUT2D eigenvalue weighted by molar-refractivity contribution is -0.263. The first-order chi connectivity index (χ1) is 33.8. The molecule has 1 aromatic carbocycles. The highest BCUT2D eigenvalue weighted by Gasteiger charge is 2.53. The average molecular weight is 986 g/mol. The molecule has 392 valence electrons. The predicted octanol–water partition coefficient (Wildman–Crippen LogP) is 8.34. The van der Waals surface area contributed by atoms with Gasteiger partial charge in [-0.1, -0.05) is 82.7 Å². The van der Waals surface area contributed by atoms with Crippen molar-refractivity contribution in [2.45, 2.75) is 186 Å². The predicted molar refractivity (Wildman–Crippen MR) is 273 cm³/mol. The summed E-state index contributed by atoms with van der Waals surface area (Å²) < 4.78 is 24.1. The number of ether oxygens (including phenoxy) is 4. The second-order valence-electron chi connectivity index (χ2n) is 21.4. The average Bonchev–Trinajstić information content (AvgIpc) is 3.35. The van der Waals surface area contributed by atoms with Gasteiger partial charge in [-0.25, -0.2) is 4.79 Å². The number of piperidine rings is 1. The van der Waals surface area contributed by atoms with Crippen LogP contribution in [0.1, 0.15) is 138 Å². The van der Waals surface area contributed by atoms with Crippen LogP contribution >= 0.6 is 0 Å². The fourth-order valence-corrected chi connectivity index (χ4v) is 11.1. The molecular weight excluding hydrogens is 903 g/mol. The number of methoxy groups -OCH3 is 2. The first kappa shape index (κ1) is 57.4. The number of anilines is 1. The standard InChI is InChI=1S/C57H83N3O11/c1-35-16-11-10-12-17-37(3)46(59-44-19-15-18-43(31-44)34-58)33-45-24-22-41(7)57(67,71-45)54(64)55(65)60-27-14-13-20-47(60)56(66)70-49(38(4)30-42-23-25-48(61)50(32-42)68-8)26-21-36(2)29-40(6)52(63)53(69-9)51(62)39(5)28-35/h10-12,15-19,29,31,35-36,38-39,41-42,45-50,52-53,59,61,63,67H,13-14,20-28,30,32-33H2,1-9H3/b12-10+,16-11+,37-17+,40-29+/t35-,36+,38-,39-,41-,42-,45+,46+,47+,48-,49+,50-,52-,53+,57-/m1/s1. The highest BCUT2D eigenvalue weighted by Crippen LogP contribution is 2.38. The van der Waals surface area contributed by atoms with Crippen LogP contribution in [-0.4, -0.2) is 119 Å². The van der Waals surface area contributed by atoms with E-state index in [-0.39, 0.29) is 54.6 Å². The van der Waals surface area contributed by atoms with Gasteiger partial charge in [0.15, 0.2) is 5.78 Å². The number of carbonyl (C=O) groups excluding carboxylic acids is 4. The molecule has 1 saturated carbocycles. The molecule has 71 heavy (non-hydrogen) atoms. The minimum atomic E-state index is -2.44. The number of ketones is 2. The van der Waals surface area contributed by atoms with Crippen molar-refractivity contribution in [3.8, 4) is 6.07 Å². The van der Waals surface area contributed by atoms with Crippen molar-refractivity contribution in [2.24, 2.45) is 35.5 Å². The van der Waals surface area contributed by atoms with E-state index in [1.54, 1.807) is 39.2 Å². The second kappa shape index (κ2) is 27.0. The fraction of sp³-hybridized carbons (Fsp3) is 0.667. The Labute approximate surface area is 422 Å². The van der Waals surface area contributed by atoms with Crippen molar-refractivity contribution >= 4 is 29.1 Å². The molecule has 2 saturated heterocycles. The Balaban J connectivity index is 1.49. The Morgan fingerprint density at radius 1 is 0.887 bits per heavy atom. The van der Waals surface area contributed by atoms with Crippen molar-refractivity contribution in [3.05, 3.63) is 77.4 Å². The number of nitriles is 1. The number of nitrogens with one attached hydrogen (secondary N) is 1. The number of Topliss-reactive ketones (excluding diaryl/α,β-unsaturated/α-hetero) is 2. The molecule has 2 bridgehead atoms. The van der Waals surface area contributed by atoms with Gasteiger partial charge in [0.1, 0.15) is 24.4 Å².